The lowest BCUT2D eigenvalue weighted by Crippen LogP contribution is -3.05. The van der Waals surface area contributed by atoms with Crippen molar-refractivity contribution >= 4 is 87.5 Å². The fraction of sp³-hybridized carbons (Fsp3) is 0.0370. The molecule has 0 N–H and O–H groups in total. The van der Waals surface area contributed by atoms with Crippen LogP contribution in [0, 0.1) is 0 Å². The van der Waals surface area contributed by atoms with Crippen molar-refractivity contribution in [3.8, 4) is 5.69 Å². The zero-order valence-corrected chi connectivity index (χ0v) is 35.0. The van der Waals surface area contributed by atoms with Gasteiger partial charge in [-0.1, -0.05) is 176 Å². The van der Waals surface area contributed by atoms with Gasteiger partial charge in [-0.3, -0.25) is 0 Å². The Morgan fingerprint density at radius 2 is 0.950 bits per heavy atom. The Balaban J connectivity index is 1.22. The van der Waals surface area contributed by atoms with E-state index in [1.165, 1.54) is 48.7 Å². The van der Waals surface area contributed by atoms with Gasteiger partial charge in [0, 0.05) is 44.1 Å². The maximum Gasteiger partial charge on any atom is 0.318 e. The van der Waals surface area contributed by atoms with Gasteiger partial charge >= 0.3 is 8.40 Å². The molecule has 60 heavy (non-hydrogen) atoms. The highest BCUT2D eigenvalue weighted by molar-refractivity contribution is 7.35. The van der Waals surface area contributed by atoms with Crippen LogP contribution in [-0.4, -0.2) is 21.4 Å². The lowest BCUT2D eigenvalue weighted by molar-refractivity contribution is 0.669. The van der Waals surface area contributed by atoms with Crippen LogP contribution in [0.15, 0.2) is 235 Å². The summed E-state index contributed by atoms with van der Waals surface area (Å²) in [6.07, 6.45) is 10.4. The normalized spacial score (nSPS) is 18.4. The van der Waals surface area contributed by atoms with E-state index in [9.17, 15) is 0 Å². The second-order valence-electron chi connectivity index (χ2n) is 16.0. The molecule has 10 aromatic rings. The van der Waals surface area contributed by atoms with Gasteiger partial charge in [-0.2, -0.15) is 0 Å². The number of rotatable bonds is 7. The van der Waals surface area contributed by atoms with Gasteiger partial charge < -0.3 is 17.4 Å². The van der Waals surface area contributed by atoms with Gasteiger partial charge in [0.1, 0.15) is 11.2 Å². The maximum atomic E-state index is 6.48. The second-order valence-corrected chi connectivity index (χ2v) is 23.9. The molecule has 0 spiro atoms. The Kier molecular flexibility index (Phi) is 7.98. The summed E-state index contributed by atoms with van der Waals surface area (Å²) in [5.41, 5.74) is 8.13. The van der Waals surface area contributed by atoms with Crippen LogP contribution in [0.5, 0.6) is 0 Å². The van der Waals surface area contributed by atoms with Crippen molar-refractivity contribution in [2.24, 2.45) is 0 Å². The molecule has 1 saturated heterocycles. The molecule has 12 rings (SSSR count). The minimum Gasteiger partial charge on any atom is -0.456 e. The van der Waals surface area contributed by atoms with Crippen molar-refractivity contribution < 1.29 is 4.42 Å². The van der Waals surface area contributed by atoms with E-state index in [-0.39, 0.29) is 5.54 Å². The van der Waals surface area contributed by atoms with Gasteiger partial charge in [-0.15, -0.1) is 0 Å². The number of para-hydroxylation sites is 3. The summed E-state index contributed by atoms with van der Waals surface area (Å²) >= 11 is 0. The molecule has 2 atom stereocenters. The Hall–Kier alpha value is -7.13. The molecule has 2 aliphatic rings. The molecule has 286 valence electrons. The van der Waals surface area contributed by atoms with Crippen LogP contribution in [0.1, 0.15) is 6.42 Å². The molecule has 2 unspecified atom stereocenters. The summed E-state index contributed by atoms with van der Waals surface area (Å²) in [6.45, 7) is 0. The maximum absolute atomic E-state index is 6.48. The molecule has 6 heteroatoms. The number of fused-ring (bicyclic) bond motifs is 6. The van der Waals surface area contributed by atoms with Gasteiger partial charge in [0.25, 0.3) is 8.40 Å². The summed E-state index contributed by atoms with van der Waals surface area (Å²) in [6, 6.07) is 76.9. The molecule has 3 heterocycles. The van der Waals surface area contributed by atoms with E-state index in [1.807, 2.05) is 0 Å². The minimum absolute atomic E-state index is 0.228. The van der Waals surface area contributed by atoms with Crippen LogP contribution in [0.3, 0.4) is 0 Å². The Morgan fingerprint density at radius 1 is 0.417 bits per heavy atom. The Morgan fingerprint density at radius 3 is 1.58 bits per heavy atom. The van der Waals surface area contributed by atoms with E-state index in [0.29, 0.717) is 0 Å². The SMILES string of the molecule is C1=CCC([Si]2(c3ccccc3)N(c3cccc(-n4c5ccccc5c5ccccc54)c3)[Si](c3ccccc3)(c3ccccc3)N2c2ccc3oc4ccccc4c3c2)C=C1. The first-order valence-electron chi connectivity index (χ1n) is 20.9. The van der Waals surface area contributed by atoms with Crippen molar-refractivity contribution in [1.29, 1.82) is 0 Å². The number of anilines is 2. The summed E-state index contributed by atoms with van der Waals surface area (Å²) < 4.78 is 15.0. The summed E-state index contributed by atoms with van der Waals surface area (Å²) in [7, 11) is -6.22. The fourth-order valence-electron chi connectivity index (χ4n) is 10.6. The van der Waals surface area contributed by atoms with E-state index >= 15 is 0 Å². The van der Waals surface area contributed by atoms with Crippen LogP contribution >= 0.6 is 0 Å². The van der Waals surface area contributed by atoms with Crippen LogP contribution in [0.2, 0.25) is 5.54 Å². The third-order valence-electron chi connectivity index (χ3n) is 12.9. The molecular formula is C54H41N3OSi2. The average Bonchev–Trinajstić information content (AvgIpc) is 3.86. The van der Waals surface area contributed by atoms with Crippen molar-refractivity contribution in [3.05, 3.63) is 231 Å². The van der Waals surface area contributed by atoms with Crippen LogP contribution in [0.25, 0.3) is 49.4 Å². The van der Waals surface area contributed by atoms with Gasteiger partial charge in [0.15, 0.2) is 0 Å². The van der Waals surface area contributed by atoms with E-state index in [2.05, 4.69) is 244 Å². The molecule has 4 nitrogen and oxygen atoms in total. The number of aromatic nitrogens is 1. The number of benzene rings is 8. The number of allylic oxidation sites excluding steroid dienone is 4. The first-order chi connectivity index (χ1) is 29.8. The quantitative estimate of drug-likeness (QED) is 0.150. The van der Waals surface area contributed by atoms with Crippen LogP contribution in [-0.2, 0) is 0 Å². The second kappa shape index (κ2) is 13.7. The van der Waals surface area contributed by atoms with Crippen molar-refractivity contribution in [1.82, 2.24) is 4.57 Å². The highest BCUT2D eigenvalue weighted by Gasteiger charge is 2.76. The molecule has 0 amide bonds. The van der Waals surface area contributed by atoms with Crippen molar-refractivity contribution in [2.45, 2.75) is 12.0 Å². The lowest BCUT2D eigenvalue weighted by atomic mass is 10.1. The van der Waals surface area contributed by atoms with E-state index in [1.54, 1.807) is 0 Å². The monoisotopic (exact) mass is 803 g/mol. The van der Waals surface area contributed by atoms with Crippen LogP contribution < -0.4 is 24.0 Å². The molecule has 0 radical (unpaired) electrons. The van der Waals surface area contributed by atoms with Crippen molar-refractivity contribution in [3.63, 3.8) is 0 Å². The summed E-state index contributed by atoms with van der Waals surface area (Å²) in [5, 5.41) is 8.92. The first-order valence-corrected chi connectivity index (χ1v) is 24.7. The number of nitrogens with zero attached hydrogens (tertiary/aromatic N) is 3. The third kappa shape index (κ3) is 4.89. The molecule has 2 aromatic heterocycles. The number of hydrogen-bond donors (Lipinski definition) is 0. The fourth-order valence-corrected chi connectivity index (χ4v) is 26.7. The van der Waals surface area contributed by atoms with Gasteiger partial charge in [0.05, 0.1) is 11.0 Å². The molecular weight excluding hydrogens is 763 g/mol. The zero-order valence-electron chi connectivity index (χ0n) is 33.0. The number of hydrogen-bond acceptors (Lipinski definition) is 3. The predicted octanol–water partition coefficient (Wildman–Crippen LogP) is 11.5. The number of furan rings is 1. The van der Waals surface area contributed by atoms with E-state index < -0.39 is 16.8 Å². The lowest BCUT2D eigenvalue weighted by Gasteiger charge is -2.74. The summed E-state index contributed by atoms with van der Waals surface area (Å²) in [4.78, 5) is 0. The minimum atomic E-state index is -3.16. The first kappa shape index (κ1) is 34.9. The standard InChI is InChI=1S/C54H41N3OSi2/c1-5-22-43(23-6-1)59(44-24-7-2-8-25-44)56(41-21-19-20-40(38-41)55-51-33-16-13-30-47(51)48-31-14-17-34-52(48)55)60(45-26-9-3-10-27-45,46-28-11-4-12-29-46)57(59)42-36-37-54-50(39-42)49-32-15-18-35-53(49)58-54/h1-28,30-39,46H,29H2. The molecule has 1 fully saturated rings. The molecule has 0 saturated carbocycles. The Bertz CT molecular complexity index is 3190. The smallest absolute Gasteiger partial charge is 0.318 e. The highest BCUT2D eigenvalue weighted by atomic mass is 28.5. The zero-order chi connectivity index (χ0) is 39.7. The predicted molar refractivity (Wildman–Crippen MR) is 256 cm³/mol. The van der Waals surface area contributed by atoms with Gasteiger partial charge in [-0.05, 0) is 76.6 Å². The largest absolute Gasteiger partial charge is 0.456 e. The van der Waals surface area contributed by atoms with Crippen LogP contribution in [0.4, 0.5) is 11.4 Å². The van der Waals surface area contributed by atoms with Crippen molar-refractivity contribution in [2.75, 3.05) is 8.46 Å². The molecule has 1 aliphatic heterocycles. The molecule has 0 bridgehead atoms. The average molecular weight is 804 g/mol. The third-order valence-corrected chi connectivity index (χ3v) is 25.5. The Labute approximate surface area is 351 Å². The van der Waals surface area contributed by atoms with Gasteiger partial charge in [0.2, 0.25) is 0 Å². The molecule has 1 aliphatic carbocycles. The molecule has 8 aromatic carbocycles. The van der Waals surface area contributed by atoms with E-state index in [4.69, 9.17) is 4.42 Å². The highest BCUT2D eigenvalue weighted by Crippen LogP contribution is 2.53. The topological polar surface area (TPSA) is 24.6 Å². The van der Waals surface area contributed by atoms with Gasteiger partial charge in [-0.25, -0.2) is 0 Å². The van der Waals surface area contributed by atoms with E-state index in [0.717, 1.165) is 34.0 Å². The summed E-state index contributed by atoms with van der Waals surface area (Å²) in [5.74, 6) is 0.